The van der Waals surface area contributed by atoms with Crippen LogP contribution in [0.25, 0.3) is 0 Å². The second-order valence-corrected chi connectivity index (χ2v) is 11.2. The normalized spacial score (nSPS) is 13.6. The summed E-state index contributed by atoms with van der Waals surface area (Å²) in [5.41, 5.74) is 15.2. The maximum absolute atomic E-state index is 8.93. The Morgan fingerprint density at radius 2 is 1.56 bits per heavy atom. The fourth-order valence-electron chi connectivity index (χ4n) is 4.76. The lowest BCUT2D eigenvalue weighted by atomic mass is 9.88. The molecule has 0 radical (unpaired) electrons. The van der Waals surface area contributed by atoms with Crippen molar-refractivity contribution in [3.8, 4) is 0 Å². The van der Waals surface area contributed by atoms with E-state index in [0.717, 1.165) is 48.6 Å². The predicted octanol–water partition coefficient (Wildman–Crippen LogP) is 5.45. The van der Waals surface area contributed by atoms with Crippen molar-refractivity contribution in [1.29, 1.82) is 5.41 Å². The summed E-state index contributed by atoms with van der Waals surface area (Å²) in [4.78, 5) is 18.9. The summed E-state index contributed by atoms with van der Waals surface area (Å²) in [5, 5.41) is 19.6. The quantitative estimate of drug-likeness (QED) is 0.176. The molecule has 7 N–H and O–H groups in total. The molecular formula is C32H43N9O2. The first kappa shape index (κ1) is 32.9. The van der Waals surface area contributed by atoms with Crippen LogP contribution in [0.3, 0.4) is 0 Å². The molecule has 0 bridgehead atoms. The molecule has 1 saturated heterocycles. The van der Waals surface area contributed by atoms with E-state index in [4.69, 9.17) is 20.5 Å². The summed E-state index contributed by atoms with van der Waals surface area (Å²) >= 11 is 0. The van der Waals surface area contributed by atoms with Crippen molar-refractivity contribution < 1.29 is 9.32 Å². The van der Waals surface area contributed by atoms with Gasteiger partial charge in [0, 0.05) is 28.4 Å². The van der Waals surface area contributed by atoms with Gasteiger partial charge in [0.1, 0.15) is 30.5 Å². The molecule has 0 amide bonds. The van der Waals surface area contributed by atoms with Crippen molar-refractivity contribution in [2.75, 3.05) is 43.6 Å². The first-order valence-corrected chi connectivity index (χ1v) is 14.1. The summed E-state index contributed by atoms with van der Waals surface area (Å²) in [6.45, 7) is 10.5. The molecular weight excluding hydrogens is 542 g/mol. The Balaban J connectivity index is 0.00000121. The largest absolute Gasteiger partial charge is 0.383 e. The number of piperidine rings is 1. The molecule has 11 nitrogen and oxygen atoms in total. The molecule has 0 spiro atoms. The average Bonchev–Trinajstić information content (AvgIpc) is 3.50. The topological polar surface area (TPSA) is 172 Å². The van der Waals surface area contributed by atoms with Gasteiger partial charge in [0.2, 0.25) is 0 Å². The Bertz CT molecular complexity index is 1450. The Morgan fingerprint density at radius 3 is 2.12 bits per heavy atom. The number of aromatic nitrogens is 3. The average molecular weight is 586 g/mol. The zero-order valence-corrected chi connectivity index (χ0v) is 25.6. The Labute approximate surface area is 253 Å². The summed E-state index contributed by atoms with van der Waals surface area (Å²) in [5.74, 6) is 2.78. The molecule has 0 saturated carbocycles. The number of benzene rings is 2. The molecule has 1 fully saturated rings. The van der Waals surface area contributed by atoms with E-state index in [9.17, 15) is 0 Å². The number of carbonyl (C=O) groups is 1. The third-order valence-electron chi connectivity index (χ3n) is 7.19. The van der Waals surface area contributed by atoms with Gasteiger partial charge in [-0.1, -0.05) is 50.2 Å². The highest BCUT2D eigenvalue weighted by Crippen LogP contribution is 2.30. The van der Waals surface area contributed by atoms with E-state index >= 15 is 0 Å². The molecule has 0 atom stereocenters. The van der Waals surface area contributed by atoms with Crippen LogP contribution in [0.1, 0.15) is 62.0 Å². The summed E-state index contributed by atoms with van der Waals surface area (Å²) in [7, 11) is 3.67. The van der Waals surface area contributed by atoms with E-state index in [2.05, 4.69) is 76.3 Å². The van der Waals surface area contributed by atoms with Gasteiger partial charge in [-0.3, -0.25) is 5.41 Å². The molecule has 3 heterocycles. The molecule has 0 unspecified atom stereocenters. The number of likely N-dealkylation sites (tertiary alicyclic amines) is 1. The maximum atomic E-state index is 8.93. The van der Waals surface area contributed by atoms with Crippen molar-refractivity contribution in [3.63, 3.8) is 0 Å². The molecule has 0 aliphatic carbocycles. The monoisotopic (exact) mass is 585 g/mol. The number of anilines is 5. The van der Waals surface area contributed by atoms with Crippen LogP contribution in [0.15, 0.2) is 65.4 Å². The van der Waals surface area contributed by atoms with E-state index in [1.165, 1.54) is 18.9 Å². The fourth-order valence-corrected chi connectivity index (χ4v) is 4.76. The number of nitrogens with zero attached hydrogens (tertiary/aromatic N) is 4. The first-order chi connectivity index (χ1) is 20.7. The van der Waals surface area contributed by atoms with Gasteiger partial charge in [-0.15, -0.1) is 0 Å². The highest BCUT2D eigenvalue weighted by atomic mass is 16.5. The third-order valence-corrected chi connectivity index (χ3v) is 7.19. The van der Waals surface area contributed by atoms with Gasteiger partial charge in [-0.05, 0) is 75.8 Å². The molecule has 2 aromatic heterocycles. The molecule has 4 aromatic rings. The zero-order valence-electron chi connectivity index (χ0n) is 25.6. The lowest BCUT2D eigenvalue weighted by molar-refractivity contribution is -0.0980. The van der Waals surface area contributed by atoms with Crippen LogP contribution in [0, 0.1) is 5.41 Å². The molecule has 1 aliphatic heterocycles. The number of hydrogen-bond acceptors (Lipinski definition) is 11. The van der Waals surface area contributed by atoms with E-state index in [1.807, 2.05) is 49.3 Å². The second-order valence-electron chi connectivity index (χ2n) is 11.2. The van der Waals surface area contributed by atoms with Crippen LogP contribution in [-0.4, -0.2) is 59.7 Å². The van der Waals surface area contributed by atoms with Gasteiger partial charge in [0.25, 0.3) is 0 Å². The Kier molecular flexibility index (Phi) is 11.5. The maximum Gasteiger partial charge on any atom is 0.174 e. The van der Waals surface area contributed by atoms with Gasteiger partial charge in [-0.25, -0.2) is 9.97 Å². The molecule has 2 aromatic carbocycles. The Morgan fingerprint density at radius 1 is 0.977 bits per heavy atom. The van der Waals surface area contributed by atoms with Crippen molar-refractivity contribution in [2.24, 2.45) is 5.73 Å². The summed E-state index contributed by atoms with van der Waals surface area (Å²) < 4.78 is 5.46. The Hall–Kier alpha value is -4.61. The van der Waals surface area contributed by atoms with Gasteiger partial charge in [0.05, 0.1) is 11.3 Å². The van der Waals surface area contributed by atoms with Crippen LogP contribution >= 0.6 is 0 Å². The van der Waals surface area contributed by atoms with Gasteiger partial charge >= 0.3 is 0 Å². The van der Waals surface area contributed by atoms with E-state index in [1.54, 1.807) is 0 Å². The van der Waals surface area contributed by atoms with Crippen LogP contribution in [-0.2, 0) is 10.2 Å². The highest BCUT2D eigenvalue weighted by molar-refractivity contribution is 6.16. The van der Waals surface area contributed by atoms with Crippen molar-refractivity contribution in [3.05, 3.63) is 83.4 Å². The smallest absolute Gasteiger partial charge is 0.174 e. The molecule has 228 valence electrons. The number of hydrogen-bond donors (Lipinski definition) is 5. The molecule has 1 aliphatic rings. The van der Waals surface area contributed by atoms with E-state index in [-0.39, 0.29) is 16.9 Å². The van der Waals surface area contributed by atoms with Crippen molar-refractivity contribution in [2.45, 2.75) is 44.9 Å². The second kappa shape index (κ2) is 15.0. The lowest BCUT2D eigenvalue weighted by Crippen LogP contribution is -2.29. The molecule has 43 heavy (non-hydrogen) atoms. The van der Waals surface area contributed by atoms with E-state index in [0.29, 0.717) is 23.1 Å². The minimum absolute atomic E-state index is 0.111. The van der Waals surface area contributed by atoms with Crippen LogP contribution in [0.4, 0.5) is 28.8 Å². The predicted molar refractivity (Wildman–Crippen MR) is 174 cm³/mol. The van der Waals surface area contributed by atoms with Gasteiger partial charge in [-0.2, -0.15) is 0 Å². The number of nitrogen functional groups attached to an aromatic ring is 1. The van der Waals surface area contributed by atoms with Gasteiger partial charge < -0.3 is 36.3 Å². The number of rotatable bonds is 7. The molecule has 11 heteroatoms. The van der Waals surface area contributed by atoms with Crippen LogP contribution in [0.2, 0.25) is 0 Å². The standard InChI is InChI=1S/C30H36N8O.CH5N.CH2O/c1-30(2,3)24-17-25(37-39-24)35-22-9-11-23(12-10-22)36-29-26(28(32)33-18-34-29)27(31)21-7-5-19(6-8-21)20-13-15-38(4)16-14-20;2*1-2/h5-12,17-18,20,31H,13-16H2,1-4H3,(H,35,37)(H3,32,33,34,36);2H2,1H3;1H2. The lowest BCUT2D eigenvalue weighted by Gasteiger charge is -2.29. The summed E-state index contributed by atoms with van der Waals surface area (Å²) in [6.07, 6.45) is 3.72. The van der Waals surface area contributed by atoms with Crippen molar-refractivity contribution in [1.82, 2.24) is 20.0 Å². The van der Waals surface area contributed by atoms with Gasteiger partial charge in [0.15, 0.2) is 5.82 Å². The minimum Gasteiger partial charge on any atom is -0.383 e. The highest BCUT2D eigenvalue weighted by Gasteiger charge is 2.21. The fraction of sp³-hybridized carbons (Fsp3) is 0.344. The third kappa shape index (κ3) is 8.46. The van der Waals surface area contributed by atoms with Crippen LogP contribution < -0.4 is 22.1 Å². The van der Waals surface area contributed by atoms with E-state index < -0.39 is 0 Å². The zero-order chi connectivity index (χ0) is 31.6. The van der Waals surface area contributed by atoms with Crippen molar-refractivity contribution >= 4 is 41.3 Å². The number of nitrogens with two attached hydrogens (primary N) is 2. The molecule has 5 rings (SSSR count). The SMILES string of the molecule is C=O.CN.CN1CCC(c2ccc(C(=N)c3c(N)ncnc3Nc3ccc(Nc4cc(C(C)(C)C)on4)cc3)cc2)CC1. The van der Waals surface area contributed by atoms with Crippen LogP contribution in [0.5, 0.6) is 0 Å². The first-order valence-electron chi connectivity index (χ1n) is 14.1. The number of nitrogens with one attached hydrogen (secondary N) is 3. The minimum atomic E-state index is -0.111. The number of carbonyl (C=O) groups excluding carboxylic acids is 1. The summed E-state index contributed by atoms with van der Waals surface area (Å²) in [6, 6.07) is 17.9.